The second kappa shape index (κ2) is 9.32. The highest BCUT2D eigenvalue weighted by atomic mass is 16.5. The van der Waals surface area contributed by atoms with Crippen LogP contribution >= 0.6 is 0 Å². The molecule has 0 spiro atoms. The zero-order valence-electron chi connectivity index (χ0n) is 22.0. The predicted octanol–water partition coefficient (Wildman–Crippen LogP) is 3.39. The molecule has 0 bridgehead atoms. The molecule has 4 fully saturated rings. The van der Waals surface area contributed by atoms with E-state index in [4.69, 9.17) is 4.74 Å². The molecule has 4 rings (SSSR count). The molecule has 4 aliphatic rings. The second-order valence-electron chi connectivity index (χ2n) is 13.3. The average molecular weight is 481 g/mol. The summed E-state index contributed by atoms with van der Waals surface area (Å²) < 4.78 is 5.86. The third kappa shape index (κ3) is 4.05. The van der Waals surface area contributed by atoms with Crippen LogP contribution in [0.5, 0.6) is 0 Å². The number of hydrogen-bond donors (Lipinski definition) is 4. The highest BCUT2D eigenvalue weighted by Crippen LogP contribution is 2.66. The first kappa shape index (κ1) is 26.4. The molecule has 1 aliphatic heterocycles. The maximum absolute atomic E-state index is 13.0. The molecule has 4 N–H and O–H groups in total. The van der Waals surface area contributed by atoms with E-state index in [1.165, 1.54) is 0 Å². The van der Waals surface area contributed by atoms with E-state index in [0.717, 1.165) is 25.7 Å². The van der Waals surface area contributed by atoms with Crippen LogP contribution < -0.4 is 0 Å². The molecule has 3 aliphatic carbocycles. The lowest BCUT2D eigenvalue weighted by molar-refractivity contribution is -0.162. The molecule has 196 valence electrons. The van der Waals surface area contributed by atoms with E-state index in [2.05, 4.69) is 34.6 Å². The van der Waals surface area contributed by atoms with Gasteiger partial charge in [-0.05, 0) is 90.8 Å². The summed E-state index contributed by atoms with van der Waals surface area (Å²) in [4.78, 5) is 13.0. The Morgan fingerprint density at radius 1 is 0.912 bits per heavy atom. The van der Waals surface area contributed by atoms with Crippen LogP contribution in [0.2, 0.25) is 0 Å². The molecular formula is C28H48O6. The summed E-state index contributed by atoms with van der Waals surface area (Å²) in [6.45, 7) is 13.2. The molecule has 13 atom stereocenters. The number of carbonyl (C=O) groups excluding carboxylic acids is 1. The van der Waals surface area contributed by atoms with Crippen molar-refractivity contribution in [2.45, 2.75) is 104 Å². The molecule has 0 aromatic heterocycles. The molecule has 1 heterocycles. The van der Waals surface area contributed by atoms with Crippen molar-refractivity contribution in [1.29, 1.82) is 0 Å². The first-order chi connectivity index (χ1) is 15.8. The van der Waals surface area contributed by atoms with Gasteiger partial charge in [0.1, 0.15) is 0 Å². The number of aliphatic hydroxyl groups is 4. The van der Waals surface area contributed by atoms with Crippen molar-refractivity contribution in [3.05, 3.63) is 0 Å². The first-order valence-electron chi connectivity index (χ1n) is 13.7. The Kier molecular flexibility index (Phi) is 7.23. The van der Waals surface area contributed by atoms with Crippen LogP contribution in [0.15, 0.2) is 0 Å². The van der Waals surface area contributed by atoms with Crippen LogP contribution in [-0.2, 0) is 9.53 Å². The minimum Gasteiger partial charge on any atom is -0.465 e. The quantitative estimate of drug-likeness (QED) is 0.450. The van der Waals surface area contributed by atoms with Gasteiger partial charge in [-0.1, -0.05) is 41.5 Å². The van der Waals surface area contributed by atoms with Crippen molar-refractivity contribution in [3.63, 3.8) is 0 Å². The number of aliphatic hydroxyl groups excluding tert-OH is 4. The summed E-state index contributed by atoms with van der Waals surface area (Å²) in [5, 5.41) is 42.9. The van der Waals surface area contributed by atoms with Crippen LogP contribution in [0.3, 0.4) is 0 Å². The largest absolute Gasteiger partial charge is 0.465 e. The molecule has 34 heavy (non-hydrogen) atoms. The Bertz CT molecular complexity index is 755. The van der Waals surface area contributed by atoms with Crippen molar-refractivity contribution in [3.8, 4) is 0 Å². The molecular weight excluding hydrogens is 432 g/mol. The fraction of sp³-hybridized carbons (Fsp3) is 0.964. The number of cyclic esters (lactones) is 1. The van der Waals surface area contributed by atoms with Crippen molar-refractivity contribution in [1.82, 2.24) is 0 Å². The third-order valence-electron chi connectivity index (χ3n) is 11.5. The van der Waals surface area contributed by atoms with Crippen molar-refractivity contribution >= 4 is 5.97 Å². The van der Waals surface area contributed by atoms with Gasteiger partial charge in [-0.3, -0.25) is 4.79 Å². The van der Waals surface area contributed by atoms with Gasteiger partial charge < -0.3 is 25.2 Å². The van der Waals surface area contributed by atoms with Crippen LogP contribution in [0.4, 0.5) is 0 Å². The third-order valence-corrected chi connectivity index (χ3v) is 11.5. The minimum absolute atomic E-state index is 0.00827. The van der Waals surface area contributed by atoms with Gasteiger partial charge >= 0.3 is 5.97 Å². The molecule has 1 saturated heterocycles. The second-order valence-corrected chi connectivity index (χ2v) is 13.3. The summed E-state index contributed by atoms with van der Waals surface area (Å²) in [6, 6.07) is 0. The molecule has 0 aromatic rings. The maximum atomic E-state index is 13.0. The van der Waals surface area contributed by atoms with E-state index in [-0.39, 0.29) is 52.8 Å². The maximum Gasteiger partial charge on any atom is 0.309 e. The fourth-order valence-corrected chi connectivity index (χ4v) is 8.95. The highest BCUT2D eigenvalue weighted by Gasteiger charge is 2.63. The number of esters is 1. The zero-order valence-corrected chi connectivity index (χ0v) is 22.0. The Morgan fingerprint density at radius 2 is 1.56 bits per heavy atom. The molecule has 3 saturated carbocycles. The molecule has 6 nitrogen and oxygen atoms in total. The topological polar surface area (TPSA) is 107 Å². The Labute approximate surface area is 205 Å². The normalized spacial score (nSPS) is 48.1. The van der Waals surface area contributed by atoms with Crippen LogP contribution in [0.25, 0.3) is 0 Å². The molecule has 0 amide bonds. The Hall–Kier alpha value is -0.690. The zero-order chi connectivity index (χ0) is 25.2. The number of rotatable bonds is 5. The van der Waals surface area contributed by atoms with Gasteiger partial charge in [0.05, 0.1) is 36.9 Å². The van der Waals surface area contributed by atoms with Gasteiger partial charge in [-0.25, -0.2) is 0 Å². The van der Waals surface area contributed by atoms with Gasteiger partial charge in [-0.2, -0.15) is 0 Å². The van der Waals surface area contributed by atoms with Gasteiger partial charge in [0, 0.05) is 0 Å². The van der Waals surface area contributed by atoms with E-state index in [1.807, 2.05) is 6.92 Å². The lowest BCUT2D eigenvalue weighted by atomic mass is 9.48. The van der Waals surface area contributed by atoms with Crippen LogP contribution in [0.1, 0.15) is 80.1 Å². The van der Waals surface area contributed by atoms with Gasteiger partial charge in [0.25, 0.3) is 0 Å². The van der Waals surface area contributed by atoms with E-state index < -0.39 is 24.4 Å². The van der Waals surface area contributed by atoms with Crippen molar-refractivity contribution < 1.29 is 30.0 Å². The summed E-state index contributed by atoms with van der Waals surface area (Å²) in [6.07, 6.45) is 1.61. The van der Waals surface area contributed by atoms with E-state index in [0.29, 0.717) is 30.8 Å². The van der Waals surface area contributed by atoms with Crippen molar-refractivity contribution in [2.24, 2.45) is 58.2 Å². The van der Waals surface area contributed by atoms with Gasteiger partial charge in [-0.15, -0.1) is 0 Å². The fourth-order valence-electron chi connectivity index (χ4n) is 8.95. The van der Waals surface area contributed by atoms with Crippen LogP contribution in [0, 0.1) is 58.2 Å². The first-order valence-corrected chi connectivity index (χ1v) is 13.7. The number of hydrogen-bond acceptors (Lipinski definition) is 6. The SMILES string of the molecule is CC(C)[C@@H](C)[C@@H](O)[C@H](O)[C@@H](C)[C@@H]1CC[C@@H]2[C@H]3COC(=O)[C@H]4C[C@H](O)[C@H](O)C[C@]4(C)[C@@H]3CC[C@@]21C. The van der Waals surface area contributed by atoms with Gasteiger partial charge in [0.2, 0.25) is 0 Å². The number of carbonyl (C=O) groups is 1. The summed E-state index contributed by atoms with van der Waals surface area (Å²) in [7, 11) is 0. The minimum atomic E-state index is -0.867. The van der Waals surface area contributed by atoms with Crippen molar-refractivity contribution in [2.75, 3.05) is 6.61 Å². The molecule has 6 heteroatoms. The molecule has 0 radical (unpaired) electrons. The Balaban J connectivity index is 1.58. The summed E-state index contributed by atoms with van der Waals surface area (Å²) in [5.41, 5.74) is -0.345. The number of fused-ring (bicyclic) bond motifs is 5. The van der Waals surface area contributed by atoms with E-state index in [1.54, 1.807) is 0 Å². The smallest absolute Gasteiger partial charge is 0.309 e. The van der Waals surface area contributed by atoms with Crippen LogP contribution in [-0.4, -0.2) is 57.4 Å². The summed E-state index contributed by atoms with van der Waals surface area (Å²) >= 11 is 0. The Morgan fingerprint density at radius 3 is 2.21 bits per heavy atom. The standard InChI is InChI=1S/C28H48O6/c1-14(2)15(3)24(31)25(32)16(4)18-7-8-19-17-13-34-26(33)21-11-22(29)23(30)12-28(21,6)20(17)9-10-27(18,19)5/h14-25,29-32H,7-13H2,1-6H3/t15-,16+,17-,18+,19-,20-,21-,22+,23-,24-,25-,27-,28-/m1/s1. The van der Waals surface area contributed by atoms with Gasteiger partial charge in [0.15, 0.2) is 0 Å². The predicted molar refractivity (Wildman–Crippen MR) is 130 cm³/mol. The summed E-state index contributed by atoms with van der Waals surface area (Å²) in [5.74, 6) is 0.948. The monoisotopic (exact) mass is 480 g/mol. The lowest BCUT2D eigenvalue weighted by Crippen LogP contribution is -2.55. The van der Waals surface area contributed by atoms with E-state index >= 15 is 0 Å². The lowest BCUT2D eigenvalue weighted by Gasteiger charge is -2.56. The molecule has 0 aromatic carbocycles. The molecule has 0 unspecified atom stereocenters. The number of ether oxygens (including phenoxy) is 1. The average Bonchev–Trinajstić information content (AvgIpc) is 3.09. The van der Waals surface area contributed by atoms with E-state index in [9.17, 15) is 25.2 Å². The highest BCUT2D eigenvalue weighted by molar-refractivity contribution is 5.74.